The maximum atomic E-state index is 10.5. The van der Waals surface area contributed by atoms with E-state index in [1.165, 1.54) is 11.9 Å². The molecular weight excluding hydrogens is 198 g/mol. The normalized spacial score (nSPS) is 9.21. The summed E-state index contributed by atoms with van der Waals surface area (Å²) in [4.78, 5) is 10.5. The fourth-order valence-electron chi connectivity index (χ4n) is 0.984. The summed E-state index contributed by atoms with van der Waals surface area (Å²) in [6.45, 7) is 3.56. The molecule has 0 saturated heterocycles. The van der Waals surface area contributed by atoms with Crippen molar-refractivity contribution in [2.45, 2.75) is 0 Å². The molecule has 14 heavy (non-hydrogen) atoms. The van der Waals surface area contributed by atoms with Gasteiger partial charge in [-0.05, 0) is 35.6 Å². The van der Waals surface area contributed by atoms with Crippen LogP contribution in [0.4, 0.5) is 5.69 Å². The van der Waals surface area contributed by atoms with Gasteiger partial charge in [-0.15, -0.1) is 0 Å². The van der Waals surface area contributed by atoms with E-state index in [1.807, 2.05) is 0 Å². The van der Waals surface area contributed by atoms with Crippen LogP contribution in [0.5, 0.6) is 5.75 Å². The summed E-state index contributed by atoms with van der Waals surface area (Å²) in [5.41, 5.74) is 1.37. The summed E-state index contributed by atoms with van der Waals surface area (Å²) in [6, 6.07) is 5.17. The molecule has 0 spiro atoms. The molecule has 0 unspecified atom stereocenters. The van der Waals surface area contributed by atoms with E-state index in [-0.39, 0.29) is 0 Å². The van der Waals surface area contributed by atoms with E-state index in [0.29, 0.717) is 11.3 Å². The topological polar surface area (TPSA) is 38.3 Å². The number of carbonyl (C=O) groups is 1. The lowest BCUT2D eigenvalue weighted by molar-refractivity contribution is 0.112. The average Bonchev–Trinajstić information content (AvgIpc) is 2.25. The van der Waals surface area contributed by atoms with E-state index in [0.717, 1.165) is 12.0 Å². The lowest BCUT2D eigenvalue weighted by Gasteiger charge is -2.08. The van der Waals surface area contributed by atoms with Crippen molar-refractivity contribution in [2.75, 3.05) is 11.8 Å². The fourth-order valence-corrected chi connectivity index (χ4v) is 1.35. The van der Waals surface area contributed by atoms with Gasteiger partial charge in [0, 0.05) is 5.56 Å². The highest BCUT2D eigenvalue weighted by molar-refractivity contribution is 8.03. The van der Waals surface area contributed by atoms with Crippen LogP contribution in [0.25, 0.3) is 0 Å². The number of benzene rings is 1. The summed E-state index contributed by atoms with van der Waals surface area (Å²) < 4.78 is 8.12. The van der Waals surface area contributed by atoms with Crippen molar-refractivity contribution in [2.24, 2.45) is 0 Å². The summed E-state index contributed by atoms with van der Waals surface area (Å²) in [7, 11) is 1.58. The van der Waals surface area contributed by atoms with Crippen LogP contribution in [0.15, 0.2) is 30.2 Å². The van der Waals surface area contributed by atoms with Gasteiger partial charge in [0.05, 0.1) is 12.8 Å². The Morgan fingerprint density at radius 2 is 2.36 bits per heavy atom. The second-order valence-corrected chi connectivity index (χ2v) is 3.24. The second kappa shape index (κ2) is 5.34. The first-order valence-electron chi connectivity index (χ1n) is 3.97. The predicted octanol–water partition coefficient (Wildman–Crippen LogP) is 2.71. The van der Waals surface area contributed by atoms with E-state index in [2.05, 4.69) is 11.3 Å². The number of hydrogen-bond acceptors (Lipinski definition) is 4. The van der Waals surface area contributed by atoms with E-state index in [9.17, 15) is 4.79 Å². The van der Waals surface area contributed by atoms with Gasteiger partial charge in [-0.2, -0.15) is 0 Å². The van der Waals surface area contributed by atoms with Gasteiger partial charge in [-0.25, -0.2) is 0 Å². The first kappa shape index (κ1) is 10.7. The average molecular weight is 209 g/mol. The molecule has 3 nitrogen and oxygen atoms in total. The molecule has 74 valence electrons. The van der Waals surface area contributed by atoms with Crippen molar-refractivity contribution in [3.8, 4) is 5.75 Å². The van der Waals surface area contributed by atoms with Crippen molar-refractivity contribution in [3.63, 3.8) is 0 Å². The molecule has 0 aliphatic heterocycles. The summed E-state index contributed by atoms with van der Waals surface area (Å²) in [5.74, 6) is 0.699. The number of nitrogens with one attached hydrogen (secondary N) is 1. The van der Waals surface area contributed by atoms with Crippen LogP contribution in [0.1, 0.15) is 10.4 Å². The number of rotatable bonds is 5. The van der Waals surface area contributed by atoms with Crippen molar-refractivity contribution in [1.82, 2.24) is 0 Å². The molecule has 0 aromatic heterocycles. The molecule has 1 aromatic rings. The van der Waals surface area contributed by atoms with E-state index >= 15 is 0 Å². The van der Waals surface area contributed by atoms with Gasteiger partial charge in [0.15, 0.2) is 0 Å². The van der Waals surface area contributed by atoms with Gasteiger partial charge in [0.1, 0.15) is 12.0 Å². The zero-order chi connectivity index (χ0) is 10.4. The Kier molecular flexibility index (Phi) is 4.07. The van der Waals surface area contributed by atoms with Crippen LogP contribution >= 0.6 is 11.9 Å². The Morgan fingerprint density at radius 1 is 1.57 bits per heavy atom. The number of carbonyl (C=O) groups excluding carboxylic acids is 1. The van der Waals surface area contributed by atoms with Crippen LogP contribution in [-0.2, 0) is 0 Å². The molecule has 1 N–H and O–H groups in total. The van der Waals surface area contributed by atoms with Crippen LogP contribution in [-0.4, -0.2) is 13.4 Å². The van der Waals surface area contributed by atoms with Crippen LogP contribution in [0, 0.1) is 0 Å². The number of ether oxygens (including phenoxy) is 1. The summed E-state index contributed by atoms with van der Waals surface area (Å²) in [5, 5.41) is 1.66. The predicted molar refractivity (Wildman–Crippen MR) is 59.8 cm³/mol. The minimum absolute atomic E-state index is 0.609. The second-order valence-electron chi connectivity index (χ2n) is 2.46. The third-order valence-electron chi connectivity index (χ3n) is 1.61. The first-order chi connectivity index (χ1) is 6.81. The number of hydrogen-bond donors (Lipinski definition) is 1. The lowest BCUT2D eigenvalue weighted by Crippen LogP contribution is -1.92. The zero-order valence-corrected chi connectivity index (χ0v) is 8.64. The van der Waals surface area contributed by atoms with Gasteiger partial charge in [-0.1, -0.05) is 6.58 Å². The maximum absolute atomic E-state index is 10.5. The smallest absolute Gasteiger partial charge is 0.150 e. The molecule has 1 aromatic carbocycles. The Hall–Kier alpha value is -1.42. The Morgan fingerprint density at radius 3 is 2.93 bits per heavy atom. The molecule has 0 aliphatic rings. The summed E-state index contributed by atoms with van der Waals surface area (Å²) >= 11 is 1.33. The Bertz CT molecular complexity index is 339. The third kappa shape index (κ3) is 2.53. The quantitative estimate of drug-likeness (QED) is 0.597. The molecular formula is C10H11NO2S. The minimum Gasteiger partial charge on any atom is -0.495 e. The minimum atomic E-state index is 0.609. The van der Waals surface area contributed by atoms with Gasteiger partial charge >= 0.3 is 0 Å². The van der Waals surface area contributed by atoms with Gasteiger partial charge in [0.2, 0.25) is 0 Å². The maximum Gasteiger partial charge on any atom is 0.150 e. The van der Waals surface area contributed by atoms with Crippen LogP contribution < -0.4 is 9.46 Å². The number of methoxy groups -OCH3 is 1. The molecule has 0 radical (unpaired) electrons. The molecule has 0 amide bonds. The molecule has 0 aliphatic carbocycles. The highest BCUT2D eigenvalue weighted by Gasteiger charge is 2.02. The SMILES string of the molecule is C=CSNc1cc(C=O)ccc1OC. The van der Waals surface area contributed by atoms with Gasteiger partial charge in [0.25, 0.3) is 0 Å². The zero-order valence-electron chi connectivity index (χ0n) is 7.82. The van der Waals surface area contributed by atoms with E-state index in [4.69, 9.17) is 4.74 Å². The first-order valence-corrected chi connectivity index (χ1v) is 4.85. The largest absolute Gasteiger partial charge is 0.495 e. The van der Waals surface area contributed by atoms with Crippen LogP contribution in [0.2, 0.25) is 0 Å². The number of anilines is 1. The molecule has 0 fully saturated rings. The molecule has 0 bridgehead atoms. The van der Waals surface area contributed by atoms with Crippen molar-refractivity contribution in [1.29, 1.82) is 0 Å². The fraction of sp³-hybridized carbons (Fsp3) is 0.100. The van der Waals surface area contributed by atoms with Gasteiger partial charge < -0.3 is 9.46 Å². The lowest BCUT2D eigenvalue weighted by atomic mass is 10.2. The third-order valence-corrected chi connectivity index (χ3v) is 2.12. The summed E-state index contributed by atoms with van der Waals surface area (Å²) in [6.07, 6.45) is 0.795. The van der Waals surface area contributed by atoms with E-state index in [1.54, 1.807) is 30.7 Å². The van der Waals surface area contributed by atoms with Crippen LogP contribution in [0.3, 0.4) is 0 Å². The van der Waals surface area contributed by atoms with Crippen molar-refractivity contribution >= 4 is 23.9 Å². The molecule has 0 atom stereocenters. The Labute approximate surface area is 87.3 Å². The highest BCUT2D eigenvalue weighted by Crippen LogP contribution is 2.27. The Balaban J connectivity index is 2.95. The monoisotopic (exact) mass is 209 g/mol. The molecule has 4 heteroatoms. The van der Waals surface area contributed by atoms with Crippen molar-refractivity contribution < 1.29 is 9.53 Å². The van der Waals surface area contributed by atoms with Crippen molar-refractivity contribution in [3.05, 3.63) is 35.7 Å². The molecule has 0 heterocycles. The highest BCUT2D eigenvalue weighted by atomic mass is 32.2. The molecule has 0 saturated carbocycles. The standard InChI is InChI=1S/C10H11NO2S/c1-3-14-11-9-6-8(7-12)4-5-10(9)13-2/h3-7,11H,1H2,2H3. The van der Waals surface area contributed by atoms with E-state index < -0.39 is 0 Å². The molecule has 1 rings (SSSR count). The van der Waals surface area contributed by atoms with Gasteiger partial charge in [-0.3, -0.25) is 4.79 Å². The number of aldehydes is 1.